The van der Waals surface area contributed by atoms with Crippen LogP contribution in [0.2, 0.25) is 0 Å². The van der Waals surface area contributed by atoms with Crippen molar-refractivity contribution in [2.75, 3.05) is 17.6 Å². The summed E-state index contributed by atoms with van der Waals surface area (Å²) in [5.41, 5.74) is 3.42. The van der Waals surface area contributed by atoms with Crippen LogP contribution in [0.25, 0.3) is 11.5 Å². The molecule has 9 heteroatoms. The van der Waals surface area contributed by atoms with E-state index in [4.69, 9.17) is 8.83 Å². The molecule has 0 aliphatic rings. The highest BCUT2D eigenvalue weighted by Gasteiger charge is 2.15. The highest BCUT2D eigenvalue weighted by Crippen LogP contribution is 2.26. The summed E-state index contributed by atoms with van der Waals surface area (Å²) in [5, 5.41) is 13.5. The minimum Gasteiger partial charge on any atom is -0.469 e. The number of benzene rings is 1. The second kappa shape index (κ2) is 8.75. The van der Waals surface area contributed by atoms with Crippen molar-refractivity contribution in [3.8, 4) is 11.5 Å². The Bertz CT molecular complexity index is 975. The summed E-state index contributed by atoms with van der Waals surface area (Å²) in [6, 6.07) is 7.50. The van der Waals surface area contributed by atoms with Gasteiger partial charge >= 0.3 is 0 Å². The lowest BCUT2D eigenvalue weighted by atomic mass is 10.1. The Labute approximate surface area is 166 Å². The van der Waals surface area contributed by atoms with Crippen molar-refractivity contribution < 1.29 is 18.4 Å². The van der Waals surface area contributed by atoms with Gasteiger partial charge in [0.15, 0.2) is 0 Å². The summed E-state index contributed by atoms with van der Waals surface area (Å²) in [7, 11) is 0. The molecule has 3 aromatic rings. The topological polar surface area (TPSA) is 110 Å². The molecule has 0 aliphatic carbocycles. The van der Waals surface area contributed by atoms with Gasteiger partial charge < -0.3 is 19.5 Å². The summed E-state index contributed by atoms with van der Waals surface area (Å²) in [6.07, 6.45) is 1.54. The number of carbonyl (C=O) groups excluding carboxylic acids is 2. The predicted molar refractivity (Wildman–Crippen MR) is 105 cm³/mol. The van der Waals surface area contributed by atoms with Crippen LogP contribution in [0.3, 0.4) is 0 Å². The molecule has 0 unspecified atom stereocenters. The molecule has 1 aromatic carbocycles. The van der Waals surface area contributed by atoms with Gasteiger partial charge in [-0.3, -0.25) is 9.59 Å². The third-order valence-electron chi connectivity index (χ3n) is 4.01. The van der Waals surface area contributed by atoms with E-state index in [0.29, 0.717) is 17.2 Å². The maximum atomic E-state index is 12.1. The van der Waals surface area contributed by atoms with Crippen molar-refractivity contribution in [2.45, 2.75) is 26.0 Å². The van der Waals surface area contributed by atoms with Crippen LogP contribution in [-0.2, 0) is 9.59 Å². The molecule has 0 radical (unpaired) electrons. The number of hydrogen-bond donors (Lipinski definition) is 2. The third kappa shape index (κ3) is 4.80. The van der Waals surface area contributed by atoms with Gasteiger partial charge in [0.2, 0.25) is 11.8 Å². The number of aromatic nitrogens is 2. The standard InChI is InChI=1S/C19H20N4O4S/c1-11-5-4-6-12(2)17(11)21-15(24)9-20-16(25)10-28-19-23-22-18(27-19)14-7-8-26-13(14)3/h4-8H,9-10H2,1-3H3,(H,20,25)(H,21,24). The molecule has 28 heavy (non-hydrogen) atoms. The molecule has 0 saturated heterocycles. The van der Waals surface area contributed by atoms with Gasteiger partial charge in [0.1, 0.15) is 5.76 Å². The van der Waals surface area contributed by atoms with E-state index in [0.717, 1.165) is 28.6 Å². The number of carbonyl (C=O) groups is 2. The Morgan fingerprint density at radius 3 is 2.50 bits per heavy atom. The second-order valence-electron chi connectivity index (χ2n) is 6.14. The molecular weight excluding hydrogens is 380 g/mol. The van der Waals surface area contributed by atoms with E-state index in [2.05, 4.69) is 20.8 Å². The number of rotatable bonds is 7. The van der Waals surface area contributed by atoms with Crippen LogP contribution in [-0.4, -0.2) is 34.3 Å². The van der Waals surface area contributed by atoms with Crippen molar-refractivity contribution >= 4 is 29.3 Å². The molecule has 2 amide bonds. The monoisotopic (exact) mass is 400 g/mol. The highest BCUT2D eigenvalue weighted by molar-refractivity contribution is 7.99. The Morgan fingerprint density at radius 1 is 1.07 bits per heavy atom. The zero-order valence-electron chi connectivity index (χ0n) is 15.7. The van der Waals surface area contributed by atoms with Gasteiger partial charge in [-0.1, -0.05) is 30.0 Å². The van der Waals surface area contributed by atoms with E-state index in [-0.39, 0.29) is 29.3 Å². The summed E-state index contributed by atoms with van der Waals surface area (Å²) in [4.78, 5) is 24.1. The summed E-state index contributed by atoms with van der Waals surface area (Å²) in [6.45, 7) is 5.52. The smallest absolute Gasteiger partial charge is 0.277 e. The van der Waals surface area contributed by atoms with Gasteiger partial charge in [-0.15, -0.1) is 10.2 Å². The summed E-state index contributed by atoms with van der Waals surface area (Å²) in [5.74, 6) is 0.477. The Kier molecular flexibility index (Phi) is 6.15. The molecule has 2 aromatic heterocycles. The average molecular weight is 400 g/mol. The number of nitrogens with zero attached hydrogens (tertiary/aromatic N) is 2. The van der Waals surface area contributed by atoms with E-state index >= 15 is 0 Å². The fourth-order valence-electron chi connectivity index (χ4n) is 2.54. The fraction of sp³-hybridized carbons (Fsp3) is 0.263. The lowest BCUT2D eigenvalue weighted by molar-refractivity contribution is -0.122. The molecule has 3 rings (SSSR count). The molecule has 0 bridgehead atoms. The molecule has 8 nitrogen and oxygen atoms in total. The van der Waals surface area contributed by atoms with Gasteiger partial charge in [0.05, 0.1) is 24.1 Å². The van der Waals surface area contributed by atoms with Gasteiger partial charge in [-0.25, -0.2) is 0 Å². The van der Waals surface area contributed by atoms with E-state index in [1.807, 2.05) is 32.0 Å². The number of furan rings is 1. The van der Waals surface area contributed by atoms with E-state index < -0.39 is 0 Å². The highest BCUT2D eigenvalue weighted by atomic mass is 32.2. The fourth-order valence-corrected chi connectivity index (χ4v) is 3.13. The third-order valence-corrected chi connectivity index (χ3v) is 4.83. The minimum absolute atomic E-state index is 0.0582. The van der Waals surface area contributed by atoms with E-state index in [9.17, 15) is 9.59 Å². The van der Waals surface area contributed by atoms with E-state index in [1.165, 1.54) is 0 Å². The summed E-state index contributed by atoms with van der Waals surface area (Å²) < 4.78 is 10.7. The Hall–Kier alpha value is -3.07. The first kappa shape index (κ1) is 19.7. The lowest BCUT2D eigenvalue weighted by Gasteiger charge is -2.11. The average Bonchev–Trinajstić information content (AvgIpc) is 3.30. The SMILES string of the molecule is Cc1cccc(C)c1NC(=O)CNC(=O)CSc1nnc(-c2ccoc2C)o1. The first-order chi connectivity index (χ1) is 13.4. The molecule has 2 heterocycles. The zero-order chi connectivity index (χ0) is 20.1. The van der Waals surface area contributed by atoms with Crippen molar-refractivity contribution in [1.29, 1.82) is 0 Å². The van der Waals surface area contributed by atoms with Crippen molar-refractivity contribution in [3.05, 3.63) is 47.4 Å². The number of aryl methyl sites for hydroxylation is 3. The number of para-hydroxylation sites is 1. The van der Waals surface area contributed by atoms with Crippen molar-refractivity contribution in [1.82, 2.24) is 15.5 Å². The van der Waals surface area contributed by atoms with Crippen LogP contribution in [0, 0.1) is 20.8 Å². The van der Waals surface area contributed by atoms with Crippen LogP contribution in [0.5, 0.6) is 0 Å². The Morgan fingerprint density at radius 2 is 1.82 bits per heavy atom. The van der Waals surface area contributed by atoms with Crippen LogP contribution in [0.15, 0.2) is 44.6 Å². The normalized spacial score (nSPS) is 10.7. The van der Waals surface area contributed by atoms with Gasteiger partial charge in [-0.05, 0) is 38.0 Å². The van der Waals surface area contributed by atoms with E-state index in [1.54, 1.807) is 19.3 Å². The quantitative estimate of drug-likeness (QED) is 0.586. The molecule has 0 aliphatic heterocycles. The maximum absolute atomic E-state index is 12.1. The molecule has 0 spiro atoms. The van der Waals surface area contributed by atoms with Gasteiger partial charge in [0.25, 0.3) is 11.1 Å². The van der Waals surface area contributed by atoms with Crippen LogP contribution in [0.4, 0.5) is 5.69 Å². The molecule has 0 atom stereocenters. The number of hydrogen-bond acceptors (Lipinski definition) is 7. The van der Waals surface area contributed by atoms with Gasteiger partial charge in [0, 0.05) is 5.69 Å². The number of anilines is 1. The number of thioether (sulfide) groups is 1. The molecule has 2 N–H and O–H groups in total. The molecule has 146 valence electrons. The van der Waals surface area contributed by atoms with Crippen LogP contribution >= 0.6 is 11.8 Å². The zero-order valence-corrected chi connectivity index (χ0v) is 16.6. The van der Waals surface area contributed by atoms with Crippen LogP contribution < -0.4 is 10.6 Å². The molecule has 0 saturated carbocycles. The number of amides is 2. The maximum Gasteiger partial charge on any atom is 0.277 e. The Balaban J connectivity index is 1.45. The minimum atomic E-state index is -0.305. The predicted octanol–water partition coefficient (Wildman–Crippen LogP) is 3.10. The lowest BCUT2D eigenvalue weighted by Crippen LogP contribution is -2.34. The summed E-state index contributed by atoms with van der Waals surface area (Å²) >= 11 is 1.10. The first-order valence-electron chi connectivity index (χ1n) is 8.57. The largest absolute Gasteiger partial charge is 0.469 e. The first-order valence-corrected chi connectivity index (χ1v) is 9.56. The van der Waals surface area contributed by atoms with Crippen molar-refractivity contribution in [3.63, 3.8) is 0 Å². The second-order valence-corrected chi connectivity index (χ2v) is 7.07. The molecular formula is C19H20N4O4S. The molecule has 0 fully saturated rings. The van der Waals surface area contributed by atoms with Crippen molar-refractivity contribution in [2.24, 2.45) is 0 Å². The van der Waals surface area contributed by atoms with Crippen LogP contribution in [0.1, 0.15) is 16.9 Å². The van der Waals surface area contributed by atoms with Gasteiger partial charge in [-0.2, -0.15) is 0 Å². The number of nitrogens with one attached hydrogen (secondary N) is 2.